The number of aryl methyl sites for hydroxylation is 2. The second-order valence-electron chi connectivity index (χ2n) is 8.41. The monoisotopic (exact) mass is 474 g/mol. The van der Waals surface area contributed by atoms with Crippen molar-refractivity contribution in [1.82, 2.24) is 15.0 Å². The molecule has 0 fully saturated rings. The Kier molecular flexibility index (Phi) is 5.00. The SMILES string of the molecule is Cc1cc(O)c2[nH]c3c(c2c1)CCN(c1nccc(C(F)(F)F)n1)C3c1ccc(C)c(F)c1F. The van der Waals surface area contributed by atoms with Gasteiger partial charge in [-0.25, -0.2) is 18.7 Å². The van der Waals surface area contributed by atoms with E-state index < -0.39 is 29.5 Å². The van der Waals surface area contributed by atoms with E-state index in [0.717, 1.165) is 28.8 Å². The highest BCUT2D eigenvalue weighted by atomic mass is 19.4. The molecule has 0 aliphatic carbocycles. The van der Waals surface area contributed by atoms with Crippen LogP contribution in [0, 0.1) is 25.5 Å². The molecule has 5 rings (SSSR count). The summed E-state index contributed by atoms with van der Waals surface area (Å²) in [5.41, 5.74) is 1.31. The summed E-state index contributed by atoms with van der Waals surface area (Å²) < 4.78 is 69.8. The van der Waals surface area contributed by atoms with E-state index >= 15 is 4.39 Å². The van der Waals surface area contributed by atoms with Crippen molar-refractivity contribution in [3.63, 3.8) is 0 Å². The Morgan fingerprint density at radius 2 is 1.85 bits per heavy atom. The zero-order valence-corrected chi connectivity index (χ0v) is 18.1. The number of nitrogens with zero attached hydrogens (tertiary/aromatic N) is 3. The van der Waals surface area contributed by atoms with Crippen LogP contribution in [0.5, 0.6) is 5.75 Å². The van der Waals surface area contributed by atoms with Gasteiger partial charge in [0.2, 0.25) is 5.95 Å². The molecular weight excluding hydrogens is 455 g/mol. The summed E-state index contributed by atoms with van der Waals surface area (Å²) in [5.74, 6) is -2.41. The Morgan fingerprint density at radius 3 is 2.59 bits per heavy atom. The number of halogens is 5. The number of benzene rings is 2. The van der Waals surface area contributed by atoms with E-state index in [1.165, 1.54) is 24.0 Å². The Labute approximate surface area is 190 Å². The van der Waals surface area contributed by atoms with Crippen LogP contribution in [0.1, 0.15) is 39.7 Å². The molecule has 2 aromatic heterocycles. The van der Waals surface area contributed by atoms with Crippen LogP contribution in [0.15, 0.2) is 36.5 Å². The summed E-state index contributed by atoms with van der Waals surface area (Å²) >= 11 is 0. The van der Waals surface area contributed by atoms with Gasteiger partial charge in [-0.2, -0.15) is 13.2 Å². The van der Waals surface area contributed by atoms with Crippen LogP contribution in [-0.2, 0) is 12.6 Å². The number of rotatable bonds is 2. The number of aromatic amines is 1. The molecule has 0 amide bonds. The highest BCUT2D eigenvalue weighted by Gasteiger charge is 2.38. The first-order chi connectivity index (χ1) is 16.1. The van der Waals surface area contributed by atoms with Gasteiger partial charge in [0.25, 0.3) is 0 Å². The zero-order chi connectivity index (χ0) is 24.4. The summed E-state index contributed by atoms with van der Waals surface area (Å²) in [5, 5.41) is 11.2. The fourth-order valence-corrected chi connectivity index (χ4v) is 4.57. The van der Waals surface area contributed by atoms with Crippen molar-refractivity contribution >= 4 is 16.9 Å². The molecule has 0 saturated heterocycles. The number of aromatic nitrogens is 3. The van der Waals surface area contributed by atoms with Crippen molar-refractivity contribution in [3.05, 3.63) is 81.8 Å². The predicted octanol–water partition coefficient (Wildman–Crippen LogP) is 5.73. The van der Waals surface area contributed by atoms with Crippen LogP contribution in [-0.4, -0.2) is 26.6 Å². The summed E-state index contributed by atoms with van der Waals surface area (Å²) in [6.07, 6.45) is -3.34. The van der Waals surface area contributed by atoms with Gasteiger partial charge in [-0.3, -0.25) is 0 Å². The van der Waals surface area contributed by atoms with Crippen molar-refractivity contribution < 1.29 is 27.1 Å². The second-order valence-corrected chi connectivity index (χ2v) is 8.41. The van der Waals surface area contributed by atoms with E-state index in [-0.39, 0.29) is 29.4 Å². The van der Waals surface area contributed by atoms with Crippen molar-refractivity contribution in [2.45, 2.75) is 32.5 Å². The molecule has 1 atom stereocenters. The van der Waals surface area contributed by atoms with Crippen molar-refractivity contribution in [3.8, 4) is 5.75 Å². The highest BCUT2D eigenvalue weighted by Crippen LogP contribution is 2.43. The third kappa shape index (κ3) is 3.44. The number of nitrogens with one attached hydrogen (secondary N) is 1. The largest absolute Gasteiger partial charge is 0.506 e. The van der Waals surface area contributed by atoms with E-state index in [1.54, 1.807) is 6.07 Å². The number of phenolic OH excluding ortho intramolecular Hbond substituents is 1. The minimum Gasteiger partial charge on any atom is -0.506 e. The smallest absolute Gasteiger partial charge is 0.433 e. The Morgan fingerprint density at radius 1 is 1.09 bits per heavy atom. The van der Waals surface area contributed by atoms with Gasteiger partial charge < -0.3 is 15.0 Å². The summed E-state index contributed by atoms with van der Waals surface area (Å²) in [7, 11) is 0. The molecule has 3 heterocycles. The third-order valence-corrected chi connectivity index (χ3v) is 6.15. The second kappa shape index (κ2) is 7.68. The molecule has 1 aliphatic heterocycles. The zero-order valence-electron chi connectivity index (χ0n) is 18.1. The topological polar surface area (TPSA) is 65.0 Å². The van der Waals surface area contributed by atoms with Crippen LogP contribution in [0.3, 0.4) is 0 Å². The molecule has 2 aromatic carbocycles. The third-order valence-electron chi connectivity index (χ3n) is 6.15. The lowest BCUT2D eigenvalue weighted by atomic mass is 9.91. The quantitative estimate of drug-likeness (QED) is 0.364. The van der Waals surface area contributed by atoms with E-state index in [9.17, 15) is 22.7 Å². The highest BCUT2D eigenvalue weighted by molar-refractivity contribution is 5.91. The predicted molar refractivity (Wildman–Crippen MR) is 116 cm³/mol. The molecule has 34 heavy (non-hydrogen) atoms. The van der Waals surface area contributed by atoms with Gasteiger partial charge in [0.1, 0.15) is 17.5 Å². The summed E-state index contributed by atoms with van der Waals surface area (Å²) in [6.45, 7) is 3.39. The molecule has 0 bridgehead atoms. The van der Waals surface area contributed by atoms with E-state index in [2.05, 4.69) is 15.0 Å². The number of hydrogen-bond acceptors (Lipinski definition) is 4. The minimum atomic E-state index is -4.69. The first-order valence-corrected chi connectivity index (χ1v) is 10.5. The van der Waals surface area contributed by atoms with Crippen molar-refractivity contribution in [1.29, 1.82) is 0 Å². The van der Waals surface area contributed by atoms with E-state index in [1.807, 2.05) is 13.0 Å². The molecule has 0 saturated carbocycles. The fourth-order valence-electron chi connectivity index (χ4n) is 4.57. The number of aromatic hydroxyl groups is 1. The lowest BCUT2D eigenvalue weighted by Gasteiger charge is -2.36. The van der Waals surface area contributed by atoms with Gasteiger partial charge in [-0.05, 0) is 55.2 Å². The molecule has 4 aromatic rings. The van der Waals surface area contributed by atoms with Gasteiger partial charge in [0.05, 0.1) is 5.52 Å². The fraction of sp³-hybridized carbons (Fsp3) is 0.250. The maximum absolute atomic E-state index is 15.2. The summed E-state index contributed by atoms with van der Waals surface area (Å²) in [6, 6.07) is 5.96. The van der Waals surface area contributed by atoms with E-state index in [0.29, 0.717) is 17.6 Å². The number of anilines is 1. The van der Waals surface area contributed by atoms with Crippen LogP contribution in [0.2, 0.25) is 0 Å². The molecule has 5 nitrogen and oxygen atoms in total. The number of alkyl halides is 3. The van der Waals surface area contributed by atoms with Gasteiger partial charge >= 0.3 is 6.18 Å². The first-order valence-electron chi connectivity index (χ1n) is 10.5. The number of phenols is 1. The average molecular weight is 474 g/mol. The molecule has 2 N–H and O–H groups in total. The minimum absolute atomic E-state index is 0.0134. The standard InChI is InChI=1S/C24H19F5N4O/c1-11-9-15-13-6-8-33(23-30-7-5-17(31-23)24(27,28)29)22(21(13)32-20(15)16(34)10-11)14-4-3-12(2)18(25)19(14)26/h3-5,7,9-10,22,32,34H,6,8H2,1-2H3. The Hall–Kier alpha value is -3.69. The van der Waals surface area contributed by atoms with Gasteiger partial charge in [0.15, 0.2) is 11.6 Å². The number of hydrogen-bond donors (Lipinski definition) is 2. The molecule has 176 valence electrons. The average Bonchev–Trinajstić information content (AvgIpc) is 3.16. The molecular formula is C24H19F5N4O. The summed E-state index contributed by atoms with van der Waals surface area (Å²) in [4.78, 5) is 12.2. The van der Waals surface area contributed by atoms with Gasteiger partial charge in [-0.15, -0.1) is 0 Å². The van der Waals surface area contributed by atoms with Crippen molar-refractivity contribution in [2.24, 2.45) is 0 Å². The van der Waals surface area contributed by atoms with Gasteiger partial charge in [-0.1, -0.05) is 12.1 Å². The maximum Gasteiger partial charge on any atom is 0.433 e. The lowest BCUT2D eigenvalue weighted by molar-refractivity contribution is -0.141. The number of H-pyrrole nitrogens is 1. The van der Waals surface area contributed by atoms with Crippen LogP contribution >= 0.6 is 0 Å². The molecule has 1 unspecified atom stereocenters. The Balaban J connectivity index is 1.76. The van der Waals surface area contributed by atoms with Crippen molar-refractivity contribution in [2.75, 3.05) is 11.4 Å². The molecule has 10 heteroatoms. The van der Waals surface area contributed by atoms with Crippen LogP contribution < -0.4 is 4.90 Å². The lowest BCUT2D eigenvalue weighted by Crippen LogP contribution is -2.38. The van der Waals surface area contributed by atoms with Crippen LogP contribution in [0.4, 0.5) is 27.9 Å². The molecule has 0 spiro atoms. The maximum atomic E-state index is 15.2. The normalized spacial score (nSPS) is 16.2. The Bertz CT molecular complexity index is 1430. The van der Waals surface area contributed by atoms with Crippen LogP contribution in [0.25, 0.3) is 10.9 Å². The van der Waals surface area contributed by atoms with E-state index in [4.69, 9.17) is 0 Å². The first kappa shape index (κ1) is 22.1. The number of fused-ring (bicyclic) bond motifs is 3. The van der Waals surface area contributed by atoms with Gasteiger partial charge in [0, 0.05) is 29.4 Å². The molecule has 1 aliphatic rings. The molecule has 0 radical (unpaired) electrons.